The summed E-state index contributed by atoms with van der Waals surface area (Å²) in [6, 6.07) is 3.78. The van der Waals surface area contributed by atoms with Crippen molar-refractivity contribution in [3.05, 3.63) is 17.7 Å². The van der Waals surface area contributed by atoms with Crippen LogP contribution in [0.3, 0.4) is 0 Å². The minimum atomic E-state index is -4.24. The predicted molar refractivity (Wildman–Crippen MR) is 110 cm³/mol. The van der Waals surface area contributed by atoms with Crippen LogP contribution in [0.4, 0.5) is 0 Å². The number of piperazine rings is 1. The highest BCUT2D eigenvalue weighted by molar-refractivity contribution is 7.85. The second kappa shape index (κ2) is 10.8. The number of nitrogens with zero attached hydrogens (tertiary/aromatic N) is 2. The molecule has 1 fully saturated rings. The van der Waals surface area contributed by atoms with Gasteiger partial charge < -0.3 is 18.9 Å². The van der Waals surface area contributed by atoms with Crippen LogP contribution in [0.2, 0.25) is 0 Å². The van der Waals surface area contributed by atoms with Crippen LogP contribution in [0, 0.1) is 0 Å². The fraction of sp³-hybridized carbons (Fsp3) is 0.632. The van der Waals surface area contributed by atoms with Gasteiger partial charge in [-0.3, -0.25) is 19.1 Å². The van der Waals surface area contributed by atoms with Crippen LogP contribution < -0.4 is 14.2 Å². The number of esters is 1. The molecule has 1 atom stereocenters. The van der Waals surface area contributed by atoms with Gasteiger partial charge in [-0.25, -0.2) is 0 Å². The molecule has 30 heavy (non-hydrogen) atoms. The van der Waals surface area contributed by atoms with E-state index in [1.807, 2.05) is 17.0 Å². The van der Waals surface area contributed by atoms with E-state index in [0.717, 1.165) is 18.7 Å². The number of hydrogen-bond donors (Lipinski definition) is 1. The van der Waals surface area contributed by atoms with Gasteiger partial charge in [-0.05, 0) is 6.07 Å². The Morgan fingerprint density at radius 2 is 1.63 bits per heavy atom. The molecule has 10 nitrogen and oxygen atoms in total. The maximum absolute atomic E-state index is 11.2. The normalized spacial score (nSPS) is 16.7. The summed E-state index contributed by atoms with van der Waals surface area (Å²) in [5, 5.41) is 0. The Hall–Kier alpha value is -2.08. The molecule has 1 saturated heterocycles. The number of hydrogen-bond acceptors (Lipinski definition) is 9. The lowest BCUT2D eigenvalue weighted by molar-refractivity contribution is -0.146. The third kappa shape index (κ3) is 7.01. The Balaban J connectivity index is 1.98. The van der Waals surface area contributed by atoms with Crippen LogP contribution in [0.5, 0.6) is 17.2 Å². The van der Waals surface area contributed by atoms with Crippen LogP contribution in [-0.4, -0.2) is 94.6 Å². The van der Waals surface area contributed by atoms with Crippen molar-refractivity contribution in [2.75, 3.05) is 59.8 Å². The Morgan fingerprint density at radius 3 is 2.13 bits per heavy atom. The molecule has 1 unspecified atom stereocenters. The second-order valence-electron chi connectivity index (χ2n) is 7.05. The van der Waals surface area contributed by atoms with Crippen LogP contribution in [0.15, 0.2) is 12.1 Å². The molecule has 0 radical (unpaired) electrons. The molecule has 0 amide bonds. The van der Waals surface area contributed by atoms with Gasteiger partial charge in [0.2, 0.25) is 5.75 Å². The van der Waals surface area contributed by atoms with Crippen LogP contribution in [0.1, 0.15) is 12.5 Å². The largest absolute Gasteiger partial charge is 0.493 e. The predicted octanol–water partition coefficient (Wildman–Crippen LogP) is 0.650. The first kappa shape index (κ1) is 24.2. The van der Waals surface area contributed by atoms with Gasteiger partial charge in [0, 0.05) is 51.8 Å². The fourth-order valence-corrected chi connectivity index (χ4v) is 4.18. The lowest BCUT2D eigenvalue weighted by atomic mass is 10.1. The summed E-state index contributed by atoms with van der Waals surface area (Å²) in [5.41, 5.74) is 0.966. The van der Waals surface area contributed by atoms with Gasteiger partial charge in [0.1, 0.15) is 11.9 Å². The monoisotopic (exact) mass is 446 g/mol. The molecule has 0 spiro atoms. The maximum atomic E-state index is 11.2. The van der Waals surface area contributed by atoms with Gasteiger partial charge in [-0.1, -0.05) is 6.07 Å². The van der Waals surface area contributed by atoms with Crippen molar-refractivity contribution in [3.8, 4) is 17.2 Å². The third-order valence-electron chi connectivity index (χ3n) is 4.84. The maximum Gasteiger partial charge on any atom is 0.302 e. The summed E-state index contributed by atoms with van der Waals surface area (Å²) in [6.45, 7) is 4.90. The average Bonchev–Trinajstić information content (AvgIpc) is 2.67. The molecule has 1 aromatic carbocycles. The van der Waals surface area contributed by atoms with Crippen LogP contribution >= 0.6 is 0 Å². The molecule has 1 aliphatic rings. The zero-order valence-corrected chi connectivity index (χ0v) is 18.6. The molecule has 0 aliphatic carbocycles. The first-order chi connectivity index (χ1) is 14.2. The van der Waals surface area contributed by atoms with E-state index < -0.39 is 27.9 Å². The number of methoxy groups -OCH3 is 3. The fourth-order valence-electron chi connectivity index (χ4n) is 3.54. The molecular formula is C19H30N2O8S. The molecule has 2 rings (SSSR count). The Bertz CT molecular complexity index is 822. The Morgan fingerprint density at radius 1 is 1.03 bits per heavy atom. The zero-order chi connectivity index (χ0) is 22.3. The summed E-state index contributed by atoms with van der Waals surface area (Å²) in [5.74, 6) is 0.573. The van der Waals surface area contributed by atoms with Gasteiger partial charge in [0.15, 0.2) is 11.5 Å². The van der Waals surface area contributed by atoms with Gasteiger partial charge in [0.25, 0.3) is 10.1 Å². The highest BCUT2D eigenvalue weighted by atomic mass is 32.2. The van der Waals surface area contributed by atoms with E-state index in [2.05, 4.69) is 4.90 Å². The molecule has 1 heterocycles. The molecule has 170 valence electrons. The smallest absolute Gasteiger partial charge is 0.302 e. The summed E-state index contributed by atoms with van der Waals surface area (Å²) >= 11 is 0. The summed E-state index contributed by atoms with van der Waals surface area (Å²) < 4.78 is 52.8. The minimum Gasteiger partial charge on any atom is -0.493 e. The lowest BCUT2D eigenvalue weighted by Gasteiger charge is -2.36. The summed E-state index contributed by atoms with van der Waals surface area (Å²) in [7, 11) is 0.480. The van der Waals surface area contributed by atoms with Crippen LogP contribution in [0.25, 0.3) is 0 Å². The molecule has 0 bridgehead atoms. The van der Waals surface area contributed by atoms with Crippen LogP contribution in [-0.2, 0) is 26.2 Å². The molecule has 0 saturated carbocycles. The van der Waals surface area contributed by atoms with E-state index in [9.17, 15) is 13.2 Å². The van der Waals surface area contributed by atoms with Crippen molar-refractivity contribution >= 4 is 16.1 Å². The second-order valence-corrected chi connectivity index (χ2v) is 8.55. The molecule has 11 heteroatoms. The topological polar surface area (TPSA) is 115 Å². The molecule has 1 aliphatic heterocycles. The van der Waals surface area contributed by atoms with Crippen molar-refractivity contribution in [3.63, 3.8) is 0 Å². The van der Waals surface area contributed by atoms with E-state index in [-0.39, 0.29) is 6.54 Å². The van der Waals surface area contributed by atoms with Crippen molar-refractivity contribution in [2.45, 2.75) is 19.6 Å². The lowest BCUT2D eigenvalue weighted by Crippen LogP contribution is -2.49. The highest BCUT2D eigenvalue weighted by Gasteiger charge is 2.26. The number of rotatable bonds is 10. The average molecular weight is 447 g/mol. The minimum absolute atomic E-state index is 0.243. The standard InChI is InChI=1S/C19H30N2O8S/c1-14(22)29-16(13-30(23,24)25)12-21-9-7-20(8-10-21)11-15-5-6-17(26-2)19(28-4)18(15)27-3/h5-6,16H,7-13H2,1-4H3,(H,23,24,25). The third-order valence-corrected chi connectivity index (χ3v) is 5.63. The van der Waals surface area contributed by atoms with E-state index in [4.69, 9.17) is 23.5 Å². The van der Waals surface area contributed by atoms with Crippen molar-refractivity contribution in [1.29, 1.82) is 0 Å². The van der Waals surface area contributed by atoms with E-state index in [0.29, 0.717) is 36.9 Å². The summed E-state index contributed by atoms with van der Waals surface area (Å²) in [4.78, 5) is 15.5. The quantitative estimate of drug-likeness (QED) is 0.406. The van der Waals surface area contributed by atoms with Crippen molar-refractivity contribution < 1.29 is 36.7 Å². The SMILES string of the molecule is COc1ccc(CN2CCN(CC(CS(=O)(=O)O)OC(C)=O)CC2)c(OC)c1OC. The molecular weight excluding hydrogens is 416 g/mol. The zero-order valence-electron chi connectivity index (χ0n) is 17.8. The first-order valence-corrected chi connectivity index (χ1v) is 11.1. The number of carbonyl (C=O) groups excluding carboxylic acids is 1. The van der Waals surface area contributed by atoms with E-state index in [1.165, 1.54) is 6.92 Å². The Kier molecular flexibility index (Phi) is 8.71. The van der Waals surface area contributed by atoms with Gasteiger partial charge in [-0.2, -0.15) is 8.42 Å². The summed E-state index contributed by atoms with van der Waals surface area (Å²) in [6.07, 6.45) is -0.907. The van der Waals surface area contributed by atoms with E-state index in [1.54, 1.807) is 21.3 Å². The number of carbonyl (C=O) groups is 1. The van der Waals surface area contributed by atoms with Gasteiger partial charge in [0.05, 0.1) is 21.3 Å². The molecule has 0 aromatic heterocycles. The van der Waals surface area contributed by atoms with Gasteiger partial charge >= 0.3 is 5.97 Å². The number of benzene rings is 1. The number of ether oxygens (including phenoxy) is 4. The van der Waals surface area contributed by atoms with Crippen molar-refractivity contribution in [1.82, 2.24) is 9.80 Å². The van der Waals surface area contributed by atoms with E-state index >= 15 is 0 Å². The van der Waals surface area contributed by atoms with Gasteiger partial charge in [-0.15, -0.1) is 0 Å². The molecule has 1 aromatic rings. The first-order valence-electron chi connectivity index (χ1n) is 9.51. The molecule has 1 N–H and O–H groups in total. The highest BCUT2D eigenvalue weighted by Crippen LogP contribution is 2.40. The Labute approximate surface area is 177 Å². The van der Waals surface area contributed by atoms with Crippen molar-refractivity contribution in [2.24, 2.45) is 0 Å².